The van der Waals surface area contributed by atoms with Crippen molar-refractivity contribution < 1.29 is 14.6 Å². The van der Waals surface area contributed by atoms with E-state index in [0.29, 0.717) is 5.56 Å². The molecule has 2 rings (SSSR count). The molecule has 0 aromatic heterocycles. The zero-order valence-corrected chi connectivity index (χ0v) is 9.49. The third kappa shape index (κ3) is 2.54. The molecule has 4 heteroatoms. The molecule has 16 heavy (non-hydrogen) atoms. The first-order valence-corrected chi connectivity index (χ1v) is 5.76. The van der Waals surface area contributed by atoms with E-state index in [1.807, 2.05) is 0 Å². The quantitative estimate of drug-likeness (QED) is 0.852. The van der Waals surface area contributed by atoms with Crippen LogP contribution in [0.5, 0.6) is 0 Å². The molecule has 2 N–H and O–H groups in total. The van der Waals surface area contributed by atoms with Crippen molar-refractivity contribution in [3.63, 3.8) is 0 Å². The van der Waals surface area contributed by atoms with Crippen molar-refractivity contribution in [2.75, 3.05) is 0 Å². The molecule has 1 fully saturated rings. The van der Waals surface area contributed by atoms with E-state index in [2.05, 4.69) is 0 Å². The van der Waals surface area contributed by atoms with Crippen LogP contribution in [0.1, 0.15) is 18.4 Å². The van der Waals surface area contributed by atoms with Gasteiger partial charge in [0.2, 0.25) is 0 Å². The molecular weight excluding hydrogens is 231 g/mol. The van der Waals surface area contributed by atoms with Crippen molar-refractivity contribution in [3.05, 3.63) is 34.6 Å². The van der Waals surface area contributed by atoms with Gasteiger partial charge in [0.25, 0.3) is 0 Å². The molecule has 1 aromatic carbocycles. The number of benzene rings is 1. The molecule has 1 aromatic rings. The third-order valence-corrected chi connectivity index (χ3v) is 3.25. The highest BCUT2D eigenvalue weighted by atomic mass is 35.5. The Labute approximate surface area is 98.7 Å². The zero-order chi connectivity index (χ0) is 11.7. The molecule has 0 aliphatic heterocycles. The first-order valence-electron chi connectivity index (χ1n) is 5.38. The van der Waals surface area contributed by atoms with Crippen LogP contribution >= 0.6 is 11.6 Å². The minimum absolute atomic E-state index is 0.0469. The van der Waals surface area contributed by atoms with Crippen molar-refractivity contribution in [2.45, 2.75) is 31.5 Å². The molecular formula is C12H14ClFO2. The van der Waals surface area contributed by atoms with Crippen molar-refractivity contribution in [3.8, 4) is 0 Å². The molecule has 0 radical (unpaired) electrons. The topological polar surface area (TPSA) is 40.5 Å². The molecule has 0 amide bonds. The minimum atomic E-state index is -0.916. The summed E-state index contributed by atoms with van der Waals surface area (Å²) in [6.45, 7) is 0. The van der Waals surface area contributed by atoms with Crippen LogP contribution in [0.15, 0.2) is 18.2 Å². The summed E-state index contributed by atoms with van der Waals surface area (Å²) in [6, 6.07) is 4.67. The average molecular weight is 245 g/mol. The first kappa shape index (κ1) is 11.8. The smallest absolute Gasteiger partial charge is 0.145 e. The number of aliphatic hydroxyl groups is 2. The predicted octanol–water partition coefficient (Wildman–Crippen LogP) is 2.15. The molecule has 0 saturated heterocycles. The summed E-state index contributed by atoms with van der Waals surface area (Å²) < 4.78 is 13.5. The predicted molar refractivity (Wildman–Crippen MR) is 59.9 cm³/mol. The maximum absolute atomic E-state index is 13.5. The molecule has 2 atom stereocenters. The van der Waals surface area contributed by atoms with Crippen molar-refractivity contribution in [1.82, 2.24) is 0 Å². The van der Waals surface area contributed by atoms with Gasteiger partial charge in [-0.15, -0.1) is 0 Å². The fraction of sp³-hybridized carbons (Fsp3) is 0.500. The highest BCUT2D eigenvalue weighted by Crippen LogP contribution is 2.34. The molecule has 0 spiro atoms. The molecule has 0 heterocycles. The van der Waals surface area contributed by atoms with Crippen LogP contribution in [0.4, 0.5) is 4.39 Å². The van der Waals surface area contributed by atoms with E-state index in [1.54, 1.807) is 12.1 Å². The lowest BCUT2D eigenvalue weighted by Crippen LogP contribution is -2.30. The third-order valence-electron chi connectivity index (χ3n) is 2.96. The second kappa shape index (κ2) is 4.70. The van der Waals surface area contributed by atoms with Gasteiger partial charge in [0.15, 0.2) is 0 Å². The van der Waals surface area contributed by atoms with Crippen LogP contribution in [-0.2, 0) is 6.42 Å². The van der Waals surface area contributed by atoms with Gasteiger partial charge in [0.1, 0.15) is 5.82 Å². The van der Waals surface area contributed by atoms with E-state index in [4.69, 9.17) is 11.6 Å². The summed E-state index contributed by atoms with van der Waals surface area (Å²) in [4.78, 5) is 0. The summed E-state index contributed by atoms with van der Waals surface area (Å²) in [5, 5.41) is 19.5. The Kier molecular flexibility index (Phi) is 3.47. The van der Waals surface area contributed by atoms with E-state index in [0.717, 1.165) is 12.8 Å². The van der Waals surface area contributed by atoms with Crippen LogP contribution in [0.3, 0.4) is 0 Å². The number of halogens is 2. The second-order valence-electron chi connectivity index (χ2n) is 4.31. The number of hydrogen-bond acceptors (Lipinski definition) is 2. The van der Waals surface area contributed by atoms with E-state index in [1.165, 1.54) is 6.07 Å². The van der Waals surface area contributed by atoms with Gasteiger partial charge < -0.3 is 10.2 Å². The Morgan fingerprint density at radius 1 is 1.38 bits per heavy atom. The fourth-order valence-corrected chi connectivity index (χ4v) is 2.00. The van der Waals surface area contributed by atoms with Crippen molar-refractivity contribution in [1.29, 1.82) is 0 Å². The highest BCUT2D eigenvalue weighted by Gasteiger charge is 2.34. The van der Waals surface area contributed by atoms with E-state index < -0.39 is 18.0 Å². The lowest BCUT2D eigenvalue weighted by Gasteiger charge is -2.17. The second-order valence-corrected chi connectivity index (χ2v) is 4.72. The minimum Gasteiger partial charge on any atom is -0.390 e. The summed E-state index contributed by atoms with van der Waals surface area (Å²) >= 11 is 5.63. The Balaban J connectivity index is 2.05. The molecule has 2 unspecified atom stereocenters. The Bertz CT molecular complexity index is 379. The van der Waals surface area contributed by atoms with Crippen LogP contribution in [0.2, 0.25) is 5.02 Å². The fourth-order valence-electron chi connectivity index (χ4n) is 1.80. The van der Waals surface area contributed by atoms with E-state index in [-0.39, 0.29) is 17.4 Å². The van der Waals surface area contributed by atoms with Crippen LogP contribution in [0, 0.1) is 11.7 Å². The monoisotopic (exact) mass is 244 g/mol. The molecule has 1 aliphatic rings. The van der Waals surface area contributed by atoms with Crippen molar-refractivity contribution in [2.24, 2.45) is 5.92 Å². The molecule has 2 nitrogen and oxygen atoms in total. The largest absolute Gasteiger partial charge is 0.390 e. The van der Waals surface area contributed by atoms with Gasteiger partial charge in [0.05, 0.1) is 17.2 Å². The van der Waals surface area contributed by atoms with Gasteiger partial charge in [-0.25, -0.2) is 4.39 Å². The molecule has 88 valence electrons. The molecule has 1 aliphatic carbocycles. The van der Waals surface area contributed by atoms with Gasteiger partial charge in [-0.05, 0) is 30.4 Å². The maximum atomic E-state index is 13.5. The van der Waals surface area contributed by atoms with Gasteiger partial charge >= 0.3 is 0 Å². The van der Waals surface area contributed by atoms with Gasteiger partial charge in [-0.3, -0.25) is 0 Å². The van der Waals surface area contributed by atoms with Gasteiger partial charge in [-0.1, -0.05) is 23.7 Å². The van der Waals surface area contributed by atoms with E-state index >= 15 is 0 Å². The number of aliphatic hydroxyl groups excluding tert-OH is 2. The normalized spacial score (nSPS) is 19.5. The number of hydrogen-bond donors (Lipinski definition) is 2. The lowest BCUT2D eigenvalue weighted by atomic mass is 10.0. The van der Waals surface area contributed by atoms with Gasteiger partial charge in [-0.2, -0.15) is 0 Å². The summed E-state index contributed by atoms with van der Waals surface area (Å²) in [5.74, 6) is -0.330. The highest BCUT2D eigenvalue weighted by molar-refractivity contribution is 6.30. The molecule has 1 saturated carbocycles. The Hall–Kier alpha value is -0.640. The first-order chi connectivity index (χ1) is 7.59. The summed E-state index contributed by atoms with van der Waals surface area (Å²) in [6.07, 6.45) is 0.315. The summed E-state index contributed by atoms with van der Waals surface area (Å²) in [5.41, 5.74) is 0.347. The maximum Gasteiger partial charge on any atom is 0.145 e. The zero-order valence-electron chi connectivity index (χ0n) is 8.74. The van der Waals surface area contributed by atoms with Crippen LogP contribution < -0.4 is 0 Å². The Morgan fingerprint density at radius 3 is 2.69 bits per heavy atom. The molecule has 0 bridgehead atoms. The van der Waals surface area contributed by atoms with E-state index in [9.17, 15) is 14.6 Å². The number of rotatable bonds is 4. The SMILES string of the molecule is OC(Cc1cccc(Cl)c1F)C(O)C1CC1. The Morgan fingerprint density at radius 2 is 2.06 bits per heavy atom. The summed E-state index contributed by atoms with van der Waals surface area (Å²) in [7, 11) is 0. The average Bonchev–Trinajstić information content (AvgIpc) is 3.07. The lowest BCUT2D eigenvalue weighted by molar-refractivity contribution is 0.00632. The van der Waals surface area contributed by atoms with Crippen molar-refractivity contribution >= 4 is 11.6 Å². The standard InChI is InChI=1S/C12H14ClFO2/c13-9-3-1-2-8(11(9)14)6-10(15)12(16)7-4-5-7/h1-3,7,10,12,15-16H,4-6H2. The van der Waals surface area contributed by atoms with Crippen LogP contribution in [0.25, 0.3) is 0 Å². The van der Waals surface area contributed by atoms with Gasteiger partial charge in [0, 0.05) is 6.42 Å². The van der Waals surface area contributed by atoms with Crippen LogP contribution in [-0.4, -0.2) is 22.4 Å².